The third kappa shape index (κ3) is 15.2. The molecule has 0 atom stereocenters. The standard InChI is InChI=1S/C10H17F3O5S.C8H16O4.2CO2/c1-4-9(5-2,8(14)17-6-3)7-18-19(15,16)10(11,12)13;1-3-8(5-9,6-10)7(11)12-4-2;2*2-1-3/h4-7H2,1-3H3;9-10H,3-6H2,1-2H3;;. The number of ether oxygens (including phenoxy) is 2. The summed E-state index contributed by atoms with van der Waals surface area (Å²) >= 11 is 0. The highest BCUT2D eigenvalue weighted by Gasteiger charge is 2.49. The maximum atomic E-state index is 12.1. The number of alkyl halides is 3. The molecule has 0 fully saturated rings. The summed E-state index contributed by atoms with van der Waals surface area (Å²) in [5.74, 6) is -1.30. The topological polar surface area (TPSA) is 205 Å². The van der Waals surface area contributed by atoms with E-state index < -0.39 is 45.0 Å². The Bertz CT molecular complexity index is 786. The third-order valence-corrected chi connectivity index (χ3v) is 5.82. The number of aliphatic hydroxyl groups excluding tert-OH is 2. The normalized spacial score (nSPS) is 11.0. The van der Waals surface area contributed by atoms with Gasteiger partial charge in [-0.2, -0.15) is 40.8 Å². The average molecular weight is 571 g/mol. The lowest BCUT2D eigenvalue weighted by molar-refractivity contribution is -0.193. The van der Waals surface area contributed by atoms with Crippen molar-refractivity contribution in [2.75, 3.05) is 33.0 Å². The van der Waals surface area contributed by atoms with Gasteiger partial charge in [0.1, 0.15) is 5.41 Å². The van der Waals surface area contributed by atoms with E-state index in [2.05, 4.69) is 4.18 Å². The van der Waals surface area contributed by atoms with E-state index in [-0.39, 0.29) is 51.6 Å². The summed E-state index contributed by atoms with van der Waals surface area (Å²) in [7, 11) is -5.71. The van der Waals surface area contributed by atoms with Crippen molar-refractivity contribution in [1.29, 1.82) is 0 Å². The van der Waals surface area contributed by atoms with Crippen LogP contribution in [0.25, 0.3) is 0 Å². The summed E-state index contributed by atoms with van der Waals surface area (Å²) < 4.78 is 71.5. The van der Waals surface area contributed by atoms with Gasteiger partial charge in [0.15, 0.2) is 0 Å². The van der Waals surface area contributed by atoms with Gasteiger partial charge in [-0.1, -0.05) is 20.8 Å². The number of hydrogen-bond donors (Lipinski definition) is 2. The Morgan fingerprint density at radius 1 is 0.730 bits per heavy atom. The van der Waals surface area contributed by atoms with Crippen molar-refractivity contribution < 1.29 is 74.2 Å². The minimum Gasteiger partial charge on any atom is -0.465 e. The first-order chi connectivity index (χ1) is 17.1. The van der Waals surface area contributed by atoms with E-state index in [0.717, 1.165) is 0 Å². The van der Waals surface area contributed by atoms with E-state index in [1.165, 1.54) is 0 Å². The number of hydrogen-bond acceptors (Lipinski definition) is 13. The highest BCUT2D eigenvalue weighted by Crippen LogP contribution is 2.32. The first kappa shape index (κ1) is 41.4. The van der Waals surface area contributed by atoms with Crippen molar-refractivity contribution in [3.05, 3.63) is 0 Å². The molecule has 0 aliphatic carbocycles. The number of rotatable bonds is 12. The highest BCUT2D eigenvalue weighted by molar-refractivity contribution is 7.87. The molecule has 0 radical (unpaired) electrons. The van der Waals surface area contributed by atoms with Crippen molar-refractivity contribution >= 4 is 34.4 Å². The zero-order chi connectivity index (χ0) is 30.3. The van der Waals surface area contributed by atoms with E-state index in [0.29, 0.717) is 6.42 Å². The molecular formula is C20H33F3O13S. The van der Waals surface area contributed by atoms with Crippen LogP contribution in [0.15, 0.2) is 0 Å². The fourth-order valence-electron chi connectivity index (χ4n) is 2.17. The minimum absolute atomic E-state index is 0.0482. The molecule has 0 unspecified atom stereocenters. The molecule has 0 aromatic carbocycles. The second kappa shape index (κ2) is 21.4. The van der Waals surface area contributed by atoms with Crippen LogP contribution in [0.4, 0.5) is 13.2 Å². The quantitative estimate of drug-likeness (QED) is 0.191. The maximum Gasteiger partial charge on any atom is 0.523 e. The third-order valence-electron chi connectivity index (χ3n) is 4.83. The highest BCUT2D eigenvalue weighted by atomic mass is 32.2. The maximum absolute atomic E-state index is 12.1. The van der Waals surface area contributed by atoms with Crippen molar-refractivity contribution in [3.8, 4) is 0 Å². The van der Waals surface area contributed by atoms with Gasteiger partial charge < -0.3 is 19.7 Å². The Balaban J connectivity index is -0.000000257. The van der Waals surface area contributed by atoms with Crippen LogP contribution in [0, 0.1) is 10.8 Å². The molecule has 0 aliphatic rings. The molecule has 0 saturated carbocycles. The van der Waals surface area contributed by atoms with Gasteiger partial charge in [0, 0.05) is 0 Å². The van der Waals surface area contributed by atoms with E-state index in [1.54, 1.807) is 34.6 Å². The van der Waals surface area contributed by atoms with Gasteiger partial charge in [0.05, 0.1) is 38.4 Å². The molecule has 0 heterocycles. The zero-order valence-corrected chi connectivity index (χ0v) is 21.9. The molecule has 17 heteroatoms. The van der Waals surface area contributed by atoms with Crippen LogP contribution < -0.4 is 0 Å². The Hall–Kier alpha value is -2.68. The average Bonchev–Trinajstić information content (AvgIpc) is 2.83. The SMILES string of the molecule is CCOC(=O)C(CC)(CC)COS(=O)(=O)C(F)(F)F.CCOC(=O)C(CC)(CO)CO.O=C=O.O=C=O. The summed E-state index contributed by atoms with van der Waals surface area (Å²) in [6.07, 6.45) is 1.09. The Morgan fingerprint density at radius 2 is 1.03 bits per heavy atom. The lowest BCUT2D eigenvalue weighted by Gasteiger charge is -2.28. The van der Waals surface area contributed by atoms with Crippen LogP contribution >= 0.6 is 0 Å². The fourth-order valence-corrected chi connectivity index (χ4v) is 2.69. The molecule has 0 rings (SSSR count). The van der Waals surface area contributed by atoms with Crippen LogP contribution in [0.2, 0.25) is 0 Å². The van der Waals surface area contributed by atoms with Crippen molar-refractivity contribution in [2.24, 2.45) is 10.8 Å². The van der Waals surface area contributed by atoms with E-state index in [4.69, 9.17) is 38.9 Å². The number of carbonyl (C=O) groups is 2. The molecule has 0 aliphatic heterocycles. The second-order valence-corrected chi connectivity index (χ2v) is 8.31. The smallest absolute Gasteiger partial charge is 0.465 e. The van der Waals surface area contributed by atoms with Gasteiger partial charge in [0.25, 0.3) is 0 Å². The summed E-state index contributed by atoms with van der Waals surface area (Å²) in [5, 5.41) is 17.8. The summed E-state index contributed by atoms with van der Waals surface area (Å²) in [4.78, 5) is 55.4. The van der Waals surface area contributed by atoms with E-state index in [9.17, 15) is 31.2 Å². The van der Waals surface area contributed by atoms with Crippen molar-refractivity contribution in [3.63, 3.8) is 0 Å². The van der Waals surface area contributed by atoms with Crippen molar-refractivity contribution in [1.82, 2.24) is 0 Å². The molecule has 2 N–H and O–H groups in total. The monoisotopic (exact) mass is 570 g/mol. The van der Waals surface area contributed by atoms with Crippen LogP contribution in [0.3, 0.4) is 0 Å². The second-order valence-electron chi connectivity index (χ2n) is 6.71. The van der Waals surface area contributed by atoms with E-state index in [1.807, 2.05) is 0 Å². The molecule has 0 saturated heterocycles. The molecule has 0 bridgehead atoms. The number of carbonyl (C=O) groups excluding carboxylic acids is 6. The molecule has 0 aromatic heterocycles. The predicted octanol–water partition coefficient (Wildman–Crippen LogP) is 0.986. The van der Waals surface area contributed by atoms with Crippen LogP contribution in [-0.4, -0.2) is 81.4 Å². The molecule has 218 valence electrons. The fraction of sp³-hybridized carbons (Fsp3) is 0.800. The van der Waals surface area contributed by atoms with Gasteiger partial charge >= 0.3 is 39.9 Å². The van der Waals surface area contributed by atoms with Gasteiger partial charge in [-0.05, 0) is 33.1 Å². The number of esters is 2. The number of halogens is 3. The lowest BCUT2D eigenvalue weighted by Crippen LogP contribution is -2.39. The molecule has 0 amide bonds. The summed E-state index contributed by atoms with van der Waals surface area (Å²) in [5.41, 5.74) is -8.01. The molecular weight excluding hydrogens is 537 g/mol. The summed E-state index contributed by atoms with van der Waals surface area (Å²) in [6, 6.07) is 0. The van der Waals surface area contributed by atoms with Crippen LogP contribution in [0.1, 0.15) is 53.9 Å². The number of aliphatic hydroxyl groups is 2. The van der Waals surface area contributed by atoms with Crippen molar-refractivity contribution in [2.45, 2.75) is 59.4 Å². The first-order valence-electron chi connectivity index (χ1n) is 10.6. The predicted molar refractivity (Wildman–Crippen MR) is 114 cm³/mol. The lowest BCUT2D eigenvalue weighted by atomic mass is 9.83. The molecule has 13 nitrogen and oxygen atoms in total. The van der Waals surface area contributed by atoms with Gasteiger partial charge in [-0.25, -0.2) is 0 Å². The van der Waals surface area contributed by atoms with Gasteiger partial charge in [-0.3, -0.25) is 13.8 Å². The summed E-state index contributed by atoms with van der Waals surface area (Å²) in [6.45, 7) is 6.72. The van der Waals surface area contributed by atoms with E-state index >= 15 is 0 Å². The largest absolute Gasteiger partial charge is 0.523 e. The Labute approximate surface area is 212 Å². The Kier molecular flexibility index (Phi) is 24.0. The molecule has 37 heavy (non-hydrogen) atoms. The van der Waals surface area contributed by atoms with Crippen LogP contribution in [-0.2, 0) is 52.5 Å². The van der Waals surface area contributed by atoms with Crippen LogP contribution in [0.5, 0.6) is 0 Å². The minimum atomic E-state index is -5.71. The molecule has 0 aromatic rings. The molecule has 0 spiro atoms. The Morgan fingerprint density at radius 3 is 1.24 bits per heavy atom. The van der Waals surface area contributed by atoms with Gasteiger partial charge in [-0.15, -0.1) is 0 Å². The zero-order valence-electron chi connectivity index (χ0n) is 21.1. The van der Waals surface area contributed by atoms with Gasteiger partial charge in [0.2, 0.25) is 0 Å². The first-order valence-corrected chi connectivity index (χ1v) is 12.0.